The summed E-state index contributed by atoms with van der Waals surface area (Å²) < 4.78 is 5.66. The largest absolute Gasteiger partial charge is 0.443 e. The summed E-state index contributed by atoms with van der Waals surface area (Å²) in [6.07, 6.45) is 9.01. The molecule has 4 aliphatic rings. The number of ether oxygens (including phenoxy) is 1. The Kier molecular flexibility index (Phi) is 11.0. The lowest BCUT2D eigenvalue weighted by molar-refractivity contribution is -0.133. The number of nitrogens with zero attached hydrogens (tertiary/aromatic N) is 2. The fourth-order valence-corrected chi connectivity index (χ4v) is 9.50. The molecule has 3 heterocycles. The maximum absolute atomic E-state index is 13.7. The number of piperidine rings is 1. The molecule has 10 heteroatoms. The van der Waals surface area contributed by atoms with Crippen LogP contribution in [0.25, 0.3) is 0 Å². The summed E-state index contributed by atoms with van der Waals surface area (Å²) in [5.41, 5.74) is 0.764. The van der Waals surface area contributed by atoms with Gasteiger partial charge in [0.2, 0.25) is 11.8 Å². The molecule has 2 unspecified atom stereocenters. The smallest absolute Gasteiger partial charge is 0.411 e. The topological polar surface area (TPSA) is 91.0 Å². The maximum Gasteiger partial charge on any atom is 0.411 e. The van der Waals surface area contributed by atoms with Gasteiger partial charge in [0.05, 0.1) is 5.37 Å². The van der Waals surface area contributed by atoms with Gasteiger partial charge in [-0.05, 0) is 68.9 Å². The van der Waals surface area contributed by atoms with Crippen LogP contribution in [0.2, 0.25) is 0 Å². The molecule has 1 saturated carbocycles. The van der Waals surface area contributed by atoms with Gasteiger partial charge in [-0.15, -0.1) is 11.8 Å². The Morgan fingerprint density at radius 3 is 2.55 bits per heavy atom. The van der Waals surface area contributed by atoms with E-state index in [2.05, 4.69) is 39.8 Å². The van der Waals surface area contributed by atoms with Crippen molar-refractivity contribution in [2.24, 2.45) is 5.92 Å². The van der Waals surface area contributed by atoms with Gasteiger partial charge in [-0.1, -0.05) is 49.6 Å². The molecule has 42 heavy (non-hydrogen) atoms. The number of nitrogens with one attached hydrogen (secondary N) is 2. The van der Waals surface area contributed by atoms with Crippen molar-refractivity contribution in [2.45, 2.75) is 107 Å². The van der Waals surface area contributed by atoms with Crippen molar-refractivity contribution in [1.82, 2.24) is 20.4 Å². The number of fused-ring (bicyclic) bond motifs is 1. The lowest BCUT2D eigenvalue weighted by Crippen LogP contribution is -2.63. The first-order valence-corrected chi connectivity index (χ1v) is 18.1. The number of cyclic esters (lactones) is 1. The van der Waals surface area contributed by atoms with E-state index < -0.39 is 23.8 Å². The second-order valence-corrected chi connectivity index (χ2v) is 15.4. The van der Waals surface area contributed by atoms with Gasteiger partial charge in [0.1, 0.15) is 17.7 Å². The fraction of sp³-hybridized carbons (Fsp3) is 0.719. The van der Waals surface area contributed by atoms with E-state index in [1.165, 1.54) is 37.7 Å². The monoisotopic (exact) mass is 616 g/mol. The van der Waals surface area contributed by atoms with Crippen molar-refractivity contribution in [1.29, 1.82) is 0 Å². The van der Waals surface area contributed by atoms with Crippen molar-refractivity contribution < 1.29 is 19.1 Å². The number of benzene rings is 1. The molecular weight excluding hydrogens is 569 g/mol. The van der Waals surface area contributed by atoms with E-state index in [4.69, 9.17) is 4.74 Å². The van der Waals surface area contributed by atoms with Crippen LogP contribution in [0, 0.1) is 5.92 Å². The van der Waals surface area contributed by atoms with Crippen LogP contribution in [0.4, 0.5) is 4.79 Å². The molecule has 4 fully saturated rings. The van der Waals surface area contributed by atoms with Crippen LogP contribution in [0.1, 0.15) is 77.2 Å². The molecule has 8 nitrogen and oxygen atoms in total. The molecule has 3 amide bonds. The lowest BCUT2D eigenvalue weighted by atomic mass is 9.91. The third kappa shape index (κ3) is 8.59. The van der Waals surface area contributed by atoms with E-state index in [0.717, 1.165) is 44.0 Å². The van der Waals surface area contributed by atoms with Crippen molar-refractivity contribution in [3.63, 3.8) is 0 Å². The Labute approximate surface area is 259 Å². The van der Waals surface area contributed by atoms with Crippen LogP contribution in [-0.2, 0) is 20.9 Å². The molecule has 0 aromatic heterocycles. The highest BCUT2D eigenvalue weighted by Crippen LogP contribution is 2.39. The standard InChI is InChI=1S/C32H48N4O4S2/c1-32(2)19-28-36(31(39)40-32)27(15-18-42-28)30(38)34-26(22-41-21-24-11-7-4-8-12-24)29(37)33-25-13-16-35(17-14-25)20-23-9-5-3-6-10-23/h3,5-6,9-10,24-28H,4,7-8,11-22H2,1-2H3,(H,33,37)(H,34,38)/t26-,27?,28?/m0/s1. The molecule has 1 aromatic carbocycles. The molecule has 232 valence electrons. The van der Waals surface area contributed by atoms with E-state index in [0.29, 0.717) is 24.5 Å². The summed E-state index contributed by atoms with van der Waals surface area (Å²) >= 11 is 3.49. The minimum Gasteiger partial charge on any atom is -0.443 e. The molecule has 3 aliphatic heterocycles. The second kappa shape index (κ2) is 14.7. The predicted molar refractivity (Wildman–Crippen MR) is 170 cm³/mol. The molecule has 5 rings (SSSR count). The zero-order valence-corrected chi connectivity index (χ0v) is 26.9. The SMILES string of the molecule is CC1(C)CC2SCCC(C(=O)N[C@@H](CSCC3CCCCC3)C(=O)NC3CCN(Cc4ccccc4)CC3)N2C(=O)O1. The Morgan fingerprint density at radius 1 is 1.07 bits per heavy atom. The van der Waals surface area contributed by atoms with Crippen LogP contribution >= 0.6 is 23.5 Å². The Morgan fingerprint density at radius 2 is 1.81 bits per heavy atom. The highest BCUT2D eigenvalue weighted by molar-refractivity contribution is 8.00. The molecule has 3 saturated heterocycles. The van der Waals surface area contributed by atoms with E-state index in [1.807, 2.05) is 19.9 Å². The molecule has 2 N–H and O–H groups in total. The van der Waals surface area contributed by atoms with Gasteiger partial charge in [0.25, 0.3) is 0 Å². The number of hydrogen-bond acceptors (Lipinski definition) is 7. The van der Waals surface area contributed by atoms with Crippen LogP contribution in [-0.4, -0.2) is 87.2 Å². The number of carbonyl (C=O) groups is 3. The lowest BCUT2D eigenvalue weighted by Gasteiger charge is -2.47. The average Bonchev–Trinajstić information content (AvgIpc) is 2.97. The molecule has 1 aromatic rings. The van der Waals surface area contributed by atoms with Crippen LogP contribution in [0.15, 0.2) is 30.3 Å². The number of rotatable bonds is 10. The number of likely N-dealkylation sites (tertiary alicyclic amines) is 1. The number of carbonyl (C=O) groups excluding carboxylic acids is 3. The van der Waals surface area contributed by atoms with Gasteiger partial charge in [0, 0.05) is 37.8 Å². The maximum atomic E-state index is 13.7. The number of amides is 3. The minimum atomic E-state index is -0.626. The zero-order valence-electron chi connectivity index (χ0n) is 25.2. The van der Waals surface area contributed by atoms with E-state index in [-0.39, 0.29) is 23.2 Å². The minimum absolute atomic E-state index is 0.0835. The first kappa shape index (κ1) is 31.5. The van der Waals surface area contributed by atoms with Crippen LogP contribution in [0.3, 0.4) is 0 Å². The van der Waals surface area contributed by atoms with Crippen molar-refractivity contribution >= 4 is 41.4 Å². The molecule has 1 aliphatic carbocycles. The third-order valence-electron chi connectivity index (χ3n) is 9.07. The molecule has 0 radical (unpaired) electrons. The summed E-state index contributed by atoms with van der Waals surface area (Å²) in [6, 6.07) is 9.36. The summed E-state index contributed by atoms with van der Waals surface area (Å²) in [7, 11) is 0. The summed E-state index contributed by atoms with van der Waals surface area (Å²) in [6.45, 7) is 6.63. The van der Waals surface area contributed by atoms with Crippen LogP contribution in [0.5, 0.6) is 0 Å². The summed E-state index contributed by atoms with van der Waals surface area (Å²) in [5.74, 6) is 2.71. The highest BCUT2D eigenvalue weighted by atomic mass is 32.2. The fourth-order valence-electron chi connectivity index (χ4n) is 6.68. The van der Waals surface area contributed by atoms with Gasteiger partial charge >= 0.3 is 6.09 Å². The first-order chi connectivity index (χ1) is 20.3. The van der Waals surface area contributed by atoms with Crippen LogP contribution < -0.4 is 10.6 Å². The summed E-state index contributed by atoms with van der Waals surface area (Å²) in [5, 5.41) is 6.28. The van der Waals surface area contributed by atoms with E-state index in [1.54, 1.807) is 28.4 Å². The van der Waals surface area contributed by atoms with E-state index in [9.17, 15) is 14.4 Å². The molecule has 0 bridgehead atoms. The van der Waals surface area contributed by atoms with Crippen molar-refractivity contribution in [2.75, 3.05) is 30.3 Å². The third-order valence-corrected chi connectivity index (χ3v) is 11.6. The first-order valence-electron chi connectivity index (χ1n) is 15.8. The average molecular weight is 617 g/mol. The number of hydrogen-bond donors (Lipinski definition) is 2. The quantitative estimate of drug-likeness (QED) is 0.382. The van der Waals surface area contributed by atoms with Gasteiger partial charge < -0.3 is 15.4 Å². The Hall–Kier alpha value is -1.91. The van der Waals surface area contributed by atoms with Gasteiger partial charge in [0.15, 0.2) is 0 Å². The second-order valence-electron chi connectivity index (χ2n) is 13.0. The predicted octanol–water partition coefficient (Wildman–Crippen LogP) is 5.02. The van der Waals surface area contributed by atoms with Gasteiger partial charge in [-0.3, -0.25) is 19.4 Å². The molecular formula is C32H48N4O4S2. The highest BCUT2D eigenvalue weighted by Gasteiger charge is 2.47. The van der Waals surface area contributed by atoms with Crippen molar-refractivity contribution in [3.8, 4) is 0 Å². The zero-order chi connectivity index (χ0) is 29.5. The van der Waals surface area contributed by atoms with E-state index >= 15 is 0 Å². The Balaban J connectivity index is 1.18. The van der Waals surface area contributed by atoms with Crippen molar-refractivity contribution in [3.05, 3.63) is 35.9 Å². The Bertz CT molecular complexity index is 1060. The van der Waals surface area contributed by atoms with Gasteiger partial charge in [-0.25, -0.2) is 4.79 Å². The number of thioether (sulfide) groups is 2. The molecule has 0 spiro atoms. The summed E-state index contributed by atoms with van der Waals surface area (Å²) in [4.78, 5) is 44.3. The normalized spacial score (nSPS) is 26.1. The molecule has 3 atom stereocenters. The van der Waals surface area contributed by atoms with Gasteiger partial charge in [-0.2, -0.15) is 11.8 Å².